The van der Waals surface area contributed by atoms with Crippen molar-refractivity contribution in [2.24, 2.45) is 0 Å². The van der Waals surface area contributed by atoms with Crippen LogP contribution in [0.2, 0.25) is 0 Å². The highest BCUT2D eigenvalue weighted by Crippen LogP contribution is 2.31. The number of methoxy groups -OCH3 is 1. The Morgan fingerprint density at radius 2 is 2.10 bits per heavy atom. The maximum Gasteiger partial charge on any atom is 0.264 e. The molecule has 4 rings (SSSR count). The number of thiophene rings is 1. The standard InChI is InChI=1S/C19H17N3O6S2/c1-11-7-15-13(10-27-28-15)8-12(11)9-14(23)17-16(3-6-29-17)30(24,25)22-18-19(26-2)21-5-4-20-18/h3-8H,9-10H2,1-2H3,(H,20,22). The van der Waals surface area contributed by atoms with E-state index in [9.17, 15) is 13.2 Å². The Balaban J connectivity index is 1.60. The molecular formula is C19H17N3O6S2. The van der Waals surface area contributed by atoms with Gasteiger partial charge in [-0.3, -0.25) is 9.52 Å². The summed E-state index contributed by atoms with van der Waals surface area (Å²) in [6, 6.07) is 5.04. The number of ketones is 1. The summed E-state index contributed by atoms with van der Waals surface area (Å²) >= 11 is 1.07. The first kappa shape index (κ1) is 20.3. The molecule has 9 nitrogen and oxygen atoms in total. The average Bonchev–Trinajstić information content (AvgIpc) is 3.38. The molecule has 2 aromatic heterocycles. The summed E-state index contributed by atoms with van der Waals surface area (Å²) in [7, 11) is -2.72. The number of nitrogens with one attached hydrogen (secondary N) is 1. The first-order valence-electron chi connectivity index (χ1n) is 8.79. The molecule has 30 heavy (non-hydrogen) atoms. The number of aromatic nitrogens is 2. The van der Waals surface area contributed by atoms with Gasteiger partial charge in [-0.1, -0.05) is 0 Å². The van der Waals surface area contributed by atoms with Gasteiger partial charge in [0.15, 0.2) is 11.5 Å². The molecule has 0 atom stereocenters. The highest BCUT2D eigenvalue weighted by atomic mass is 32.2. The Morgan fingerprint density at radius 1 is 1.30 bits per heavy atom. The summed E-state index contributed by atoms with van der Waals surface area (Å²) in [6.45, 7) is 2.16. The Labute approximate surface area is 176 Å². The summed E-state index contributed by atoms with van der Waals surface area (Å²) in [5.41, 5.74) is 2.49. The van der Waals surface area contributed by atoms with Crippen LogP contribution in [0.5, 0.6) is 11.6 Å². The maximum absolute atomic E-state index is 13.0. The molecule has 0 amide bonds. The third kappa shape index (κ3) is 3.86. The number of anilines is 1. The zero-order valence-corrected chi connectivity index (χ0v) is 17.7. The van der Waals surface area contributed by atoms with Crippen molar-refractivity contribution in [1.82, 2.24) is 9.97 Å². The third-order valence-electron chi connectivity index (χ3n) is 4.49. The highest BCUT2D eigenvalue weighted by Gasteiger charge is 2.27. The third-order valence-corrected chi connectivity index (χ3v) is 6.96. The van der Waals surface area contributed by atoms with Crippen molar-refractivity contribution < 1.29 is 27.7 Å². The minimum Gasteiger partial charge on any atom is -0.478 e. The van der Waals surface area contributed by atoms with Crippen molar-refractivity contribution in [3.8, 4) is 11.6 Å². The first-order valence-corrected chi connectivity index (χ1v) is 11.2. The van der Waals surface area contributed by atoms with Gasteiger partial charge >= 0.3 is 0 Å². The van der Waals surface area contributed by atoms with Crippen LogP contribution in [0.25, 0.3) is 0 Å². The van der Waals surface area contributed by atoms with Crippen molar-refractivity contribution in [2.75, 3.05) is 11.8 Å². The van der Waals surface area contributed by atoms with Crippen LogP contribution in [-0.2, 0) is 27.9 Å². The molecule has 0 bridgehead atoms. The van der Waals surface area contributed by atoms with Crippen molar-refractivity contribution in [1.29, 1.82) is 0 Å². The van der Waals surface area contributed by atoms with Gasteiger partial charge < -0.3 is 9.62 Å². The van der Waals surface area contributed by atoms with Gasteiger partial charge in [-0.25, -0.2) is 18.4 Å². The second kappa shape index (κ2) is 8.01. The van der Waals surface area contributed by atoms with Gasteiger partial charge in [0.05, 0.1) is 12.0 Å². The number of Topliss-reactive ketones (excluding diaryl/α,β-unsaturated/α-hetero) is 1. The fourth-order valence-corrected chi connectivity index (χ4v) is 5.40. The molecular weight excluding hydrogens is 430 g/mol. The molecule has 0 aliphatic carbocycles. The van der Waals surface area contributed by atoms with E-state index in [-0.39, 0.29) is 33.7 Å². The topological polar surface area (TPSA) is 117 Å². The van der Waals surface area contributed by atoms with Gasteiger partial charge in [0.2, 0.25) is 5.82 Å². The van der Waals surface area contributed by atoms with Crippen LogP contribution < -0.4 is 14.3 Å². The number of sulfonamides is 1. The summed E-state index contributed by atoms with van der Waals surface area (Å²) in [5.74, 6) is 0.297. The van der Waals surface area contributed by atoms with E-state index in [1.165, 1.54) is 25.6 Å². The molecule has 0 spiro atoms. The summed E-state index contributed by atoms with van der Waals surface area (Å²) in [4.78, 5) is 30.9. The Hall–Kier alpha value is -3.02. The Morgan fingerprint density at radius 3 is 2.90 bits per heavy atom. The molecule has 0 fully saturated rings. The Bertz CT molecular complexity index is 1220. The number of aryl methyl sites for hydroxylation is 1. The first-order chi connectivity index (χ1) is 14.4. The minimum atomic E-state index is -4.07. The van der Waals surface area contributed by atoms with Gasteiger partial charge in [-0.2, -0.15) is 4.89 Å². The molecule has 3 aromatic rings. The van der Waals surface area contributed by atoms with E-state index in [4.69, 9.17) is 14.5 Å². The van der Waals surface area contributed by atoms with E-state index >= 15 is 0 Å². The molecule has 3 heterocycles. The molecule has 1 N–H and O–H groups in total. The molecule has 156 valence electrons. The second-order valence-electron chi connectivity index (χ2n) is 6.47. The van der Waals surface area contributed by atoms with Crippen molar-refractivity contribution in [2.45, 2.75) is 24.8 Å². The number of rotatable bonds is 7. The lowest BCUT2D eigenvalue weighted by atomic mass is 9.99. The number of fused-ring (bicyclic) bond motifs is 1. The largest absolute Gasteiger partial charge is 0.478 e. The van der Waals surface area contributed by atoms with Gasteiger partial charge in [0, 0.05) is 24.4 Å². The molecule has 0 radical (unpaired) electrons. The number of ether oxygens (including phenoxy) is 1. The van der Waals surface area contributed by atoms with Crippen LogP contribution in [0.4, 0.5) is 5.82 Å². The summed E-state index contributed by atoms with van der Waals surface area (Å²) < 4.78 is 33.2. The molecule has 0 saturated carbocycles. The number of carbonyl (C=O) groups is 1. The van der Waals surface area contributed by atoms with E-state index < -0.39 is 10.0 Å². The van der Waals surface area contributed by atoms with E-state index in [1.54, 1.807) is 11.4 Å². The summed E-state index contributed by atoms with van der Waals surface area (Å²) in [6.07, 6.45) is 2.77. The van der Waals surface area contributed by atoms with E-state index in [1.807, 2.05) is 13.0 Å². The molecule has 1 aliphatic rings. The minimum absolute atomic E-state index is 0.0300. The fraction of sp³-hybridized carbons (Fsp3) is 0.211. The van der Waals surface area contributed by atoms with Crippen LogP contribution >= 0.6 is 11.3 Å². The molecule has 1 aromatic carbocycles. The van der Waals surface area contributed by atoms with Crippen LogP contribution in [0, 0.1) is 6.92 Å². The lowest BCUT2D eigenvalue weighted by molar-refractivity contribution is -0.194. The van der Waals surface area contributed by atoms with Crippen LogP contribution in [0.1, 0.15) is 26.4 Å². The van der Waals surface area contributed by atoms with Gasteiger partial charge in [-0.15, -0.1) is 11.3 Å². The lowest BCUT2D eigenvalue weighted by Gasteiger charge is -2.10. The molecule has 1 aliphatic heterocycles. The zero-order chi connectivity index (χ0) is 21.3. The normalized spacial score (nSPS) is 12.9. The highest BCUT2D eigenvalue weighted by molar-refractivity contribution is 7.93. The van der Waals surface area contributed by atoms with Crippen LogP contribution in [0.3, 0.4) is 0 Å². The van der Waals surface area contributed by atoms with Crippen molar-refractivity contribution in [3.05, 3.63) is 57.5 Å². The molecule has 0 unspecified atom stereocenters. The summed E-state index contributed by atoms with van der Waals surface area (Å²) in [5, 5.41) is 1.56. The number of nitrogens with zero attached hydrogens (tertiary/aromatic N) is 2. The SMILES string of the molecule is COc1nccnc1NS(=O)(=O)c1ccsc1C(=O)Cc1cc2c(cc1C)OOC2. The monoisotopic (exact) mass is 447 g/mol. The maximum atomic E-state index is 13.0. The van der Waals surface area contributed by atoms with Crippen molar-refractivity contribution in [3.63, 3.8) is 0 Å². The second-order valence-corrected chi connectivity index (χ2v) is 9.03. The fourth-order valence-electron chi connectivity index (χ4n) is 3.01. The number of hydrogen-bond acceptors (Lipinski definition) is 9. The van der Waals surface area contributed by atoms with Gasteiger partial charge in [0.25, 0.3) is 15.9 Å². The van der Waals surface area contributed by atoms with E-state index in [0.717, 1.165) is 28.0 Å². The predicted molar refractivity (Wildman–Crippen MR) is 108 cm³/mol. The number of hydrogen-bond donors (Lipinski definition) is 1. The molecule has 0 saturated heterocycles. The van der Waals surface area contributed by atoms with E-state index in [0.29, 0.717) is 12.4 Å². The number of benzene rings is 1. The smallest absolute Gasteiger partial charge is 0.264 e. The number of carbonyl (C=O) groups excluding carboxylic acids is 1. The quantitative estimate of drug-likeness (QED) is 0.434. The zero-order valence-electron chi connectivity index (χ0n) is 16.0. The van der Waals surface area contributed by atoms with Gasteiger partial charge in [-0.05, 0) is 41.6 Å². The average molecular weight is 447 g/mol. The van der Waals surface area contributed by atoms with Gasteiger partial charge in [0.1, 0.15) is 11.5 Å². The van der Waals surface area contributed by atoms with Crippen LogP contribution in [-0.4, -0.2) is 31.3 Å². The molecule has 11 heteroatoms. The predicted octanol–water partition coefficient (Wildman–Crippen LogP) is 2.91. The lowest BCUT2D eigenvalue weighted by Crippen LogP contribution is -2.17. The Kier molecular flexibility index (Phi) is 5.41. The van der Waals surface area contributed by atoms with Crippen LogP contribution in [0.15, 0.2) is 40.9 Å². The van der Waals surface area contributed by atoms with E-state index in [2.05, 4.69) is 14.7 Å². The van der Waals surface area contributed by atoms with Crippen molar-refractivity contribution >= 4 is 33.0 Å².